The molecule has 2 aromatic carbocycles. The third-order valence-corrected chi connectivity index (χ3v) is 4.16. The summed E-state index contributed by atoms with van der Waals surface area (Å²) in [5, 5.41) is 3.86. The first-order valence-electron chi connectivity index (χ1n) is 6.26. The molecule has 1 N–H and O–H groups in total. The van der Waals surface area contributed by atoms with Crippen molar-refractivity contribution >= 4 is 54.4 Å². The van der Waals surface area contributed by atoms with Crippen LogP contribution in [0.15, 0.2) is 63.5 Å². The summed E-state index contributed by atoms with van der Waals surface area (Å²) >= 11 is 6.80. The van der Waals surface area contributed by atoms with E-state index in [1.54, 1.807) is 6.07 Å². The van der Waals surface area contributed by atoms with E-state index in [4.69, 9.17) is 0 Å². The van der Waals surface area contributed by atoms with Crippen LogP contribution in [-0.2, 0) is 0 Å². The quantitative estimate of drug-likeness (QED) is 0.650. The summed E-state index contributed by atoms with van der Waals surface area (Å²) in [5.74, 6) is -0.233. The number of hydrogen-bond donors (Lipinski definition) is 1. The van der Waals surface area contributed by atoms with Gasteiger partial charge in [0, 0.05) is 14.3 Å². The summed E-state index contributed by atoms with van der Waals surface area (Å²) in [4.78, 5) is 16.7. The summed E-state index contributed by atoms with van der Waals surface area (Å²) in [5.41, 5.74) is 1.90. The minimum absolute atomic E-state index is 0.233. The normalized spacial score (nSPS) is 10.6. The molecule has 1 amide bonds. The number of nitrogens with one attached hydrogen (secondary N) is 1. The van der Waals surface area contributed by atoms with Crippen LogP contribution < -0.4 is 5.32 Å². The molecule has 0 atom stereocenters. The van der Waals surface area contributed by atoms with E-state index < -0.39 is 0 Å². The number of fused-ring (bicyclic) bond motifs is 1. The zero-order chi connectivity index (χ0) is 14.8. The number of benzene rings is 2. The minimum atomic E-state index is -0.233. The first-order valence-corrected chi connectivity index (χ1v) is 7.84. The summed E-state index contributed by atoms with van der Waals surface area (Å²) in [6.07, 6.45) is 0. The molecule has 3 aromatic rings. The van der Waals surface area contributed by atoms with E-state index in [0.717, 1.165) is 19.8 Å². The fourth-order valence-electron chi connectivity index (χ4n) is 1.97. The van der Waals surface area contributed by atoms with Crippen LogP contribution in [-0.4, -0.2) is 10.9 Å². The zero-order valence-corrected chi connectivity index (χ0v) is 14.0. The van der Waals surface area contributed by atoms with Crippen molar-refractivity contribution in [3.8, 4) is 0 Å². The van der Waals surface area contributed by atoms with Gasteiger partial charge in [-0.05, 0) is 46.3 Å². The first kappa shape index (κ1) is 14.2. The Kier molecular flexibility index (Phi) is 4.03. The monoisotopic (exact) mass is 404 g/mol. The molecule has 0 aliphatic heterocycles. The number of rotatable bonds is 2. The molecule has 0 bridgehead atoms. The number of amides is 1. The molecule has 3 rings (SSSR count). The van der Waals surface area contributed by atoms with Gasteiger partial charge in [0.25, 0.3) is 5.91 Å². The fourth-order valence-corrected chi connectivity index (χ4v) is 3.12. The Balaban J connectivity index is 1.89. The topological polar surface area (TPSA) is 42.0 Å². The summed E-state index contributed by atoms with van der Waals surface area (Å²) in [6.45, 7) is 0. The molecular formula is C16H10Br2N2O. The number of aromatic nitrogens is 1. The van der Waals surface area contributed by atoms with Crippen LogP contribution in [0.2, 0.25) is 0 Å². The van der Waals surface area contributed by atoms with Gasteiger partial charge in [-0.25, -0.2) is 4.98 Å². The molecular weight excluding hydrogens is 396 g/mol. The second-order valence-electron chi connectivity index (χ2n) is 4.47. The molecule has 1 heterocycles. The van der Waals surface area contributed by atoms with Crippen molar-refractivity contribution in [1.82, 2.24) is 4.98 Å². The van der Waals surface area contributed by atoms with Gasteiger partial charge in [-0.15, -0.1) is 0 Å². The van der Waals surface area contributed by atoms with Crippen LogP contribution in [0.25, 0.3) is 10.9 Å². The predicted molar refractivity (Wildman–Crippen MR) is 91.5 cm³/mol. The summed E-state index contributed by atoms with van der Waals surface area (Å²) in [7, 11) is 0. The Hall–Kier alpha value is -1.72. The second kappa shape index (κ2) is 5.95. The van der Waals surface area contributed by atoms with Gasteiger partial charge < -0.3 is 5.32 Å². The number of anilines is 1. The number of hydrogen-bond acceptors (Lipinski definition) is 2. The predicted octanol–water partition coefficient (Wildman–Crippen LogP) is 5.01. The lowest BCUT2D eigenvalue weighted by atomic mass is 10.2. The molecule has 0 unspecified atom stereocenters. The lowest BCUT2D eigenvalue weighted by Gasteiger charge is -2.08. The van der Waals surface area contributed by atoms with Crippen molar-refractivity contribution < 1.29 is 4.79 Å². The van der Waals surface area contributed by atoms with Crippen molar-refractivity contribution in [2.45, 2.75) is 0 Å². The van der Waals surface area contributed by atoms with E-state index in [-0.39, 0.29) is 5.91 Å². The van der Waals surface area contributed by atoms with Gasteiger partial charge in [-0.2, -0.15) is 0 Å². The van der Waals surface area contributed by atoms with E-state index in [9.17, 15) is 4.79 Å². The van der Waals surface area contributed by atoms with Gasteiger partial charge in [-0.3, -0.25) is 4.79 Å². The molecule has 1 aromatic heterocycles. The zero-order valence-electron chi connectivity index (χ0n) is 10.8. The van der Waals surface area contributed by atoms with Crippen LogP contribution in [0.4, 0.5) is 5.69 Å². The van der Waals surface area contributed by atoms with Gasteiger partial charge in [0.1, 0.15) is 5.69 Å². The van der Waals surface area contributed by atoms with Crippen LogP contribution in [0, 0.1) is 0 Å². The van der Waals surface area contributed by atoms with E-state index in [2.05, 4.69) is 42.2 Å². The highest BCUT2D eigenvalue weighted by molar-refractivity contribution is 9.11. The van der Waals surface area contributed by atoms with Gasteiger partial charge in [0.05, 0.1) is 11.2 Å². The molecule has 0 fully saturated rings. The Labute approximate surface area is 138 Å². The highest BCUT2D eigenvalue weighted by Gasteiger charge is 2.10. The van der Waals surface area contributed by atoms with Crippen LogP contribution in [0.3, 0.4) is 0 Å². The molecule has 0 aliphatic carbocycles. The van der Waals surface area contributed by atoms with E-state index in [0.29, 0.717) is 11.4 Å². The Bertz CT molecular complexity index is 833. The van der Waals surface area contributed by atoms with Crippen molar-refractivity contribution in [3.05, 3.63) is 69.2 Å². The Morgan fingerprint density at radius 1 is 1.00 bits per heavy atom. The standard InChI is InChI=1S/C16H10Br2N2O/c17-11-6-8-14(12(18)9-11)20-16(21)15-7-5-10-3-1-2-4-13(10)19-15/h1-9H,(H,20,21). The Morgan fingerprint density at radius 2 is 1.81 bits per heavy atom. The number of halogens is 2. The number of pyridine rings is 1. The molecule has 0 saturated heterocycles. The van der Waals surface area contributed by atoms with Gasteiger partial charge in [-0.1, -0.05) is 40.2 Å². The molecule has 0 saturated carbocycles. The molecule has 104 valence electrons. The van der Waals surface area contributed by atoms with Crippen LogP contribution in [0.1, 0.15) is 10.5 Å². The number of nitrogens with zero attached hydrogens (tertiary/aromatic N) is 1. The average Bonchev–Trinajstić information content (AvgIpc) is 2.49. The van der Waals surface area contributed by atoms with Crippen LogP contribution >= 0.6 is 31.9 Å². The maximum absolute atomic E-state index is 12.3. The van der Waals surface area contributed by atoms with Crippen molar-refractivity contribution in [3.63, 3.8) is 0 Å². The highest BCUT2D eigenvalue weighted by atomic mass is 79.9. The molecule has 3 nitrogen and oxygen atoms in total. The van der Waals surface area contributed by atoms with E-state index in [1.807, 2.05) is 48.5 Å². The largest absolute Gasteiger partial charge is 0.320 e. The van der Waals surface area contributed by atoms with E-state index >= 15 is 0 Å². The maximum Gasteiger partial charge on any atom is 0.274 e. The van der Waals surface area contributed by atoms with Crippen LogP contribution in [0.5, 0.6) is 0 Å². The minimum Gasteiger partial charge on any atom is -0.320 e. The van der Waals surface area contributed by atoms with Crippen molar-refractivity contribution in [2.24, 2.45) is 0 Å². The highest BCUT2D eigenvalue weighted by Crippen LogP contribution is 2.26. The number of para-hydroxylation sites is 1. The SMILES string of the molecule is O=C(Nc1ccc(Br)cc1Br)c1ccc2ccccc2n1. The van der Waals surface area contributed by atoms with Gasteiger partial charge in [0.2, 0.25) is 0 Å². The van der Waals surface area contributed by atoms with E-state index in [1.165, 1.54) is 0 Å². The molecule has 21 heavy (non-hydrogen) atoms. The molecule has 0 aliphatic rings. The lowest BCUT2D eigenvalue weighted by Crippen LogP contribution is -2.13. The van der Waals surface area contributed by atoms with Crippen molar-refractivity contribution in [2.75, 3.05) is 5.32 Å². The number of carbonyl (C=O) groups is 1. The first-order chi connectivity index (χ1) is 10.1. The van der Waals surface area contributed by atoms with Gasteiger partial charge >= 0.3 is 0 Å². The summed E-state index contributed by atoms with van der Waals surface area (Å²) < 4.78 is 1.75. The van der Waals surface area contributed by atoms with Crippen molar-refractivity contribution in [1.29, 1.82) is 0 Å². The maximum atomic E-state index is 12.3. The lowest BCUT2D eigenvalue weighted by molar-refractivity contribution is 0.102. The number of carbonyl (C=O) groups excluding carboxylic acids is 1. The third-order valence-electron chi connectivity index (χ3n) is 3.01. The molecule has 0 spiro atoms. The third kappa shape index (κ3) is 3.14. The molecule has 0 radical (unpaired) electrons. The average molecular weight is 406 g/mol. The summed E-state index contributed by atoms with van der Waals surface area (Å²) in [6, 6.07) is 16.9. The second-order valence-corrected chi connectivity index (χ2v) is 6.24. The smallest absolute Gasteiger partial charge is 0.274 e. The fraction of sp³-hybridized carbons (Fsp3) is 0. The Morgan fingerprint density at radius 3 is 2.62 bits per heavy atom. The molecule has 5 heteroatoms. The van der Waals surface area contributed by atoms with Gasteiger partial charge in [0.15, 0.2) is 0 Å².